The zero-order valence-electron chi connectivity index (χ0n) is 9.41. The molecule has 1 amide bonds. The van der Waals surface area contributed by atoms with Crippen molar-refractivity contribution in [1.82, 2.24) is 4.90 Å². The van der Waals surface area contributed by atoms with Gasteiger partial charge in [-0.2, -0.15) is 0 Å². The smallest absolute Gasteiger partial charge is 0.410 e. The highest BCUT2D eigenvalue weighted by Crippen LogP contribution is 2.14. The topological polar surface area (TPSA) is 29.5 Å². The number of ether oxygens (including phenoxy) is 1. The predicted octanol–water partition coefficient (Wildman–Crippen LogP) is 2.43. The van der Waals surface area contributed by atoms with Crippen LogP contribution in [0.1, 0.15) is 27.7 Å². The van der Waals surface area contributed by atoms with E-state index in [2.05, 4.69) is 13.0 Å². The summed E-state index contributed by atoms with van der Waals surface area (Å²) in [6, 6.07) is 0. The highest BCUT2D eigenvalue weighted by atomic mass is 16.6. The Bertz CT molecular complexity index is 240. The van der Waals surface area contributed by atoms with Gasteiger partial charge in [0.1, 0.15) is 5.60 Å². The van der Waals surface area contributed by atoms with Crippen LogP contribution in [0.15, 0.2) is 12.2 Å². The molecule has 0 saturated carbocycles. The number of nitrogens with zero attached hydrogens (tertiary/aromatic N) is 1. The molecule has 3 nitrogen and oxygen atoms in total. The van der Waals surface area contributed by atoms with E-state index in [0.29, 0.717) is 12.5 Å². The van der Waals surface area contributed by atoms with E-state index in [1.165, 1.54) is 0 Å². The summed E-state index contributed by atoms with van der Waals surface area (Å²) < 4.78 is 5.28. The Morgan fingerprint density at radius 1 is 1.50 bits per heavy atom. The maximum atomic E-state index is 11.6. The van der Waals surface area contributed by atoms with Crippen molar-refractivity contribution in [3.8, 4) is 0 Å². The van der Waals surface area contributed by atoms with Crippen molar-refractivity contribution in [2.45, 2.75) is 33.3 Å². The maximum Gasteiger partial charge on any atom is 0.410 e. The van der Waals surface area contributed by atoms with E-state index in [9.17, 15) is 4.79 Å². The zero-order chi connectivity index (χ0) is 10.8. The number of rotatable bonds is 0. The van der Waals surface area contributed by atoms with E-state index in [4.69, 9.17) is 4.74 Å². The van der Waals surface area contributed by atoms with Crippen LogP contribution in [0.3, 0.4) is 0 Å². The second-order valence-corrected chi connectivity index (χ2v) is 4.79. The van der Waals surface area contributed by atoms with Gasteiger partial charge in [0, 0.05) is 13.1 Å². The fourth-order valence-electron chi connectivity index (χ4n) is 1.38. The van der Waals surface area contributed by atoms with Gasteiger partial charge in [-0.05, 0) is 26.7 Å². The fraction of sp³-hybridized carbons (Fsp3) is 0.727. The lowest BCUT2D eigenvalue weighted by atomic mass is 10.1. The van der Waals surface area contributed by atoms with Crippen molar-refractivity contribution >= 4 is 6.09 Å². The predicted molar refractivity (Wildman–Crippen MR) is 56.1 cm³/mol. The lowest BCUT2D eigenvalue weighted by Gasteiger charge is -2.30. The van der Waals surface area contributed by atoms with Crippen LogP contribution in [-0.2, 0) is 4.74 Å². The molecule has 0 saturated heterocycles. The van der Waals surface area contributed by atoms with Gasteiger partial charge in [0.05, 0.1) is 0 Å². The normalized spacial score (nSPS) is 22.3. The van der Waals surface area contributed by atoms with Crippen molar-refractivity contribution < 1.29 is 9.53 Å². The molecule has 1 aliphatic rings. The standard InChI is InChI=1S/C11H19NO2/c1-9-6-5-7-12(8-9)10(13)14-11(2,3)4/h5-6,9H,7-8H2,1-4H3/t9-/m0/s1. The molecule has 3 heteroatoms. The highest BCUT2D eigenvalue weighted by Gasteiger charge is 2.23. The second kappa shape index (κ2) is 4.03. The largest absolute Gasteiger partial charge is 0.444 e. The summed E-state index contributed by atoms with van der Waals surface area (Å²) in [5, 5.41) is 0. The van der Waals surface area contributed by atoms with Gasteiger partial charge < -0.3 is 9.64 Å². The summed E-state index contributed by atoms with van der Waals surface area (Å²) in [6.45, 7) is 9.16. The van der Waals surface area contributed by atoms with Gasteiger partial charge in [-0.15, -0.1) is 0 Å². The first-order chi connectivity index (χ1) is 6.38. The molecule has 0 aromatic heterocycles. The van der Waals surface area contributed by atoms with Crippen LogP contribution < -0.4 is 0 Å². The first-order valence-corrected chi connectivity index (χ1v) is 5.03. The van der Waals surface area contributed by atoms with Crippen LogP contribution in [-0.4, -0.2) is 29.7 Å². The van der Waals surface area contributed by atoms with Crippen LogP contribution in [0, 0.1) is 5.92 Å². The van der Waals surface area contributed by atoms with Gasteiger partial charge in [0.15, 0.2) is 0 Å². The first kappa shape index (κ1) is 11.1. The molecule has 14 heavy (non-hydrogen) atoms. The highest BCUT2D eigenvalue weighted by molar-refractivity contribution is 5.68. The van der Waals surface area contributed by atoms with Gasteiger partial charge >= 0.3 is 6.09 Å². The minimum absolute atomic E-state index is 0.214. The van der Waals surface area contributed by atoms with Crippen molar-refractivity contribution in [3.63, 3.8) is 0 Å². The van der Waals surface area contributed by atoms with Crippen LogP contribution in [0.25, 0.3) is 0 Å². The van der Waals surface area contributed by atoms with Gasteiger partial charge in [0.25, 0.3) is 0 Å². The van der Waals surface area contributed by atoms with E-state index in [-0.39, 0.29) is 6.09 Å². The third-order valence-electron chi connectivity index (χ3n) is 1.95. The summed E-state index contributed by atoms with van der Waals surface area (Å²) in [7, 11) is 0. The van der Waals surface area contributed by atoms with E-state index >= 15 is 0 Å². The molecule has 0 fully saturated rings. The number of hydrogen-bond acceptors (Lipinski definition) is 2. The Labute approximate surface area is 85.7 Å². The van der Waals surface area contributed by atoms with Gasteiger partial charge in [0.2, 0.25) is 0 Å². The fourth-order valence-corrected chi connectivity index (χ4v) is 1.38. The second-order valence-electron chi connectivity index (χ2n) is 4.79. The van der Waals surface area contributed by atoms with Crippen LogP contribution in [0.4, 0.5) is 4.79 Å². The summed E-state index contributed by atoms with van der Waals surface area (Å²) in [5.74, 6) is 0.427. The molecule has 1 rings (SSSR count). The van der Waals surface area contributed by atoms with Crippen molar-refractivity contribution in [1.29, 1.82) is 0 Å². The molecule has 0 aliphatic carbocycles. The summed E-state index contributed by atoms with van der Waals surface area (Å²) >= 11 is 0. The quantitative estimate of drug-likeness (QED) is 0.558. The molecule has 1 atom stereocenters. The Hall–Kier alpha value is -0.990. The molecule has 0 aromatic rings. The molecule has 0 radical (unpaired) electrons. The summed E-state index contributed by atoms with van der Waals surface area (Å²) in [5.41, 5.74) is -0.401. The van der Waals surface area contributed by atoms with Crippen LogP contribution in [0.5, 0.6) is 0 Å². The number of hydrogen-bond donors (Lipinski definition) is 0. The Balaban J connectivity index is 2.50. The third kappa shape index (κ3) is 3.40. The minimum atomic E-state index is -0.401. The lowest BCUT2D eigenvalue weighted by Crippen LogP contribution is -2.40. The monoisotopic (exact) mass is 197 g/mol. The SMILES string of the molecule is C[C@H]1C=CCN(C(=O)OC(C)(C)C)C1. The average molecular weight is 197 g/mol. The lowest BCUT2D eigenvalue weighted by molar-refractivity contribution is 0.0248. The number of carbonyl (C=O) groups excluding carboxylic acids is 1. The third-order valence-corrected chi connectivity index (χ3v) is 1.95. The van der Waals surface area contributed by atoms with Crippen LogP contribution in [0.2, 0.25) is 0 Å². The van der Waals surface area contributed by atoms with E-state index in [1.54, 1.807) is 4.90 Å². The van der Waals surface area contributed by atoms with Gasteiger partial charge in [-0.1, -0.05) is 19.1 Å². The number of carbonyl (C=O) groups is 1. The molecule has 1 heterocycles. The van der Waals surface area contributed by atoms with Gasteiger partial charge in [-0.3, -0.25) is 0 Å². The molecular weight excluding hydrogens is 178 g/mol. The van der Waals surface area contributed by atoms with Crippen molar-refractivity contribution in [2.24, 2.45) is 5.92 Å². The van der Waals surface area contributed by atoms with Crippen LogP contribution >= 0.6 is 0 Å². The van der Waals surface area contributed by atoms with E-state index in [0.717, 1.165) is 6.54 Å². The molecule has 0 unspecified atom stereocenters. The molecule has 0 bridgehead atoms. The van der Waals surface area contributed by atoms with E-state index < -0.39 is 5.60 Å². The van der Waals surface area contributed by atoms with Gasteiger partial charge in [-0.25, -0.2) is 4.79 Å². The summed E-state index contributed by atoms with van der Waals surface area (Å²) in [4.78, 5) is 13.4. The molecule has 80 valence electrons. The summed E-state index contributed by atoms with van der Waals surface area (Å²) in [6.07, 6.45) is 3.92. The molecule has 0 spiro atoms. The zero-order valence-corrected chi connectivity index (χ0v) is 9.41. The number of amides is 1. The Morgan fingerprint density at radius 3 is 2.64 bits per heavy atom. The van der Waals surface area contributed by atoms with E-state index in [1.807, 2.05) is 26.8 Å². The molecule has 1 aliphatic heterocycles. The van der Waals surface area contributed by atoms with Crippen molar-refractivity contribution in [2.75, 3.05) is 13.1 Å². The Morgan fingerprint density at radius 2 is 2.14 bits per heavy atom. The molecule has 0 N–H and O–H groups in total. The molecule has 0 aromatic carbocycles. The minimum Gasteiger partial charge on any atom is -0.444 e. The Kier molecular flexibility index (Phi) is 3.19. The first-order valence-electron chi connectivity index (χ1n) is 5.03. The average Bonchev–Trinajstić information content (AvgIpc) is 2.01. The van der Waals surface area contributed by atoms with Crippen molar-refractivity contribution in [3.05, 3.63) is 12.2 Å². The maximum absolute atomic E-state index is 11.6. The molecular formula is C11H19NO2.